The van der Waals surface area contributed by atoms with E-state index in [1.165, 1.54) is 55.1 Å². The quantitative estimate of drug-likeness (QED) is 0.0954. The Morgan fingerprint density at radius 3 is 1.86 bits per heavy atom. The number of hydrogen-bond donors (Lipinski definition) is 2. The first-order valence-corrected chi connectivity index (χ1v) is 21.0. The molecule has 0 radical (unpaired) electrons. The summed E-state index contributed by atoms with van der Waals surface area (Å²) in [7, 11) is 0. The Balaban J connectivity index is 0.000000152. The average molecular weight is 818 g/mol. The van der Waals surface area contributed by atoms with Gasteiger partial charge in [-0.2, -0.15) is 5.10 Å². The van der Waals surface area contributed by atoms with E-state index in [-0.39, 0.29) is 0 Å². The highest BCUT2D eigenvalue weighted by Gasteiger charge is 2.19. The molecule has 0 fully saturated rings. The summed E-state index contributed by atoms with van der Waals surface area (Å²) in [6.07, 6.45) is 7.08. The Morgan fingerprint density at radius 1 is 0.540 bits per heavy atom. The summed E-state index contributed by atoms with van der Waals surface area (Å²) >= 11 is 0. The molecule has 6 nitrogen and oxygen atoms in total. The van der Waals surface area contributed by atoms with E-state index in [4.69, 9.17) is 10.3 Å². The molecule has 0 aliphatic rings. The Kier molecular flexibility index (Phi) is 11.3. The zero-order valence-corrected chi connectivity index (χ0v) is 35.2. The van der Waals surface area contributed by atoms with Crippen molar-refractivity contribution in [1.29, 1.82) is 0 Å². The van der Waals surface area contributed by atoms with Crippen LogP contribution in [0.25, 0.3) is 94.7 Å². The number of nitrogens with two attached hydrogens (primary N) is 2. The molecule has 3 heterocycles. The monoisotopic (exact) mass is 817 g/mol. The van der Waals surface area contributed by atoms with Crippen molar-refractivity contribution in [2.45, 2.75) is 13.3 Å². The van der Waals surface area contributed by atoms with Gasteiger partial charge in [0.25, 0.3) is 0 Å². The summed E-state index contributed by atoms with van der Waals surface area (Å²) in [4.78, 5) is 0. The Bertz CT molecular complexity index is 3430. The highest BCUT2D eigenvalue weighted by molar-refractivity contribution is 6.14. The average Bonchev–Trinajstić information content (AvgIpc) is 3.95. The molecule has 11 rings (SSSR count). The van der Waals surface area contributed by atoms with Crippen LogP contribution in [0.4, 0.5) is 0 Å². The first-order chi connectivity index (χ1) is 31.0. The van der Waals surface area contributed by atoms with Crippen molar-refractivity contribution >= 4 is 73.5 Å². The number of fused-ring (bicyclic) bond motifs is 7. The molecule has 11 aromatic rings. The van der Waals surface area contributed by atoms with Gasteiger partial charge in [0.2, 0.25) is 0 Å². The van der Waals surface area contributed by atoms with Crippen LogP contribution < -0.4 is 11.7 Å². The number of rotatable bonds is 7. The summed E-state index contributed by atoms with van der Waals surface area (Å²) in [5.41, 5.74) is 15.8. The van der Waals surface area contributed by atoms with Crippen LogP contribution >= 0.6 is 0 Å². The van der Waals surface area contributed by atoms with Gasteiger partial charge in [-0.05, 0) is 107 Å². The molecule has 0 amide bonds. The topological polar surface area (TPSA) is 87.4 Å². The van der Waals surface area contributed by atoms with Crippen LogP contribution in [0.3, 0.4) is 0 Å². The van der Waals surface area contributed by atoms with E-state index in [1.54, 1.807) is 4.68 Å². The number of allylic oxidation sites excluding steroid dienone is 1. The predicted molar refractivity (Wildman–Crippen MR) is 269 cm³/mol. The maximum absolute atomic E-state index is 6.46. The lowest BCUT2D eigenvalue weighted by Crippen LogP contribution is -2.06. The normalized spacial score (nSPS) is 11.2. The van der Waals surface area contributed by atoms with E-state index in [9.17, 15) is 0 Å². The summed E-state index contributed by atoms with van der Waals surface area (Å²) < 4.78 is 10.4. The van der Waals surface area contributed by atoms with Gasteiger partial charge in [0.15, 0.2) is 0 Å². The molecule has 6 heteroatoms. The number of benzene rings is 8. The Morgan fingerprint density at radius 2 is 1.14 bits per heavy atom. The summed E-state index contributed by atoms with van der Waals surface area (Å²) in [6, 6.07) is 66.0. The molecular formula is C57H47N5O. The second kappa shape index (κ2) is 17.7. The van der Waals surface area contributed by atoms with Gasteiger partial charge in [0, 0.05) is 44.9 Å². The number of hydrogen-bond acceptors (Lipinski definition) is 4. The van der Waals surface area contributed by atoms with E-state index in [0.717, 1.165) is 56.3 Å². The fraction of sp³-hybridized carbons (Fsp3) is 0.0351. The highest BCUT2D eigenvalue weighted by Crippen LogP contribution is 2.38. The van der Waals surface area contributed by atoms with Gasteiger partial charge in [0.05, 0.1) is 22.2 Å². The van der Waals surface area contributed by atoms with Crippen LogP contribution in [0.5, 0.6) is 0 Å². The standard InChI is InChI=1S/C31H22O.C25H21N3.CH4N2/c1-3-8-22(9-4-1)18-23-14-16-28-29-17-15-27(21-31(29)32-30(28)19-23)26-13-7-12-25(20-26)24-10-5-2-6-11-24;1-3-10-18-20-15-21-19-13-8-9-14-23(19)28(26)25(21)16-24(20)27(22(18)4-2)17-11-6-5-7-12-17;1-3-2/h1-17,19-21H,18H2;3-16H,2,26H2,1H3;1-2H2/b;10-3-;. The Labute approximate surface area is 366 Å². The molecule has 0 atom stereocenters. The van der Waals surface area contributed by atoms with Crippen molar-refractivity contribution in [3.8, 4) is 27.9 Å². The van der Waals surface area contributed by atoms with Crippen LogP contribution in [-0.4, -0.2) is 16.0 Å². The molecule has 4 N–H and O–H groups in total. The number of nitrogen functional groups attached to an aromatic ring is 1. The van der Waals surface area contributed by atoms with Crippen LogP contribution in [0.1, 0.15) is 29.3 Å². The number of aromatic nitrogens is 2. The zero-order chi connectivity index (χ0) is 43.3. The largest absolute Gasteiger partial charge is 0.456 e. The lowest BCUT2D eigenvalue weighted by atomic mass is 9.98. The molecule has 0 spiro atoms. The first-order valence-electron chi connectivity index (χ1n) is 21.0. The van der Waals surface area contributed by atoms with Crippen LogP contribution in [0.15, 0.2) is 210 Å². The van der Waals surface area contributed by atoms with Crippen LogP contribution in [0, 0.1) is 0 Å². The number of hydrazone groups is 1. The predicted octanol–water partition coefficient (Wildman–Crippen LogP) is 14.2. The lowest BCUT2D eigenvalue weighted by molar-refractivity contribution is 0.668. The maximum atomic E-state index is 6.46. The van der Waals surface area contributed by atoms with Crippen LogP contribution in [-0.2, 0) is 6.42 Å². The minimum Gasteiger partial charge on any atom is -0.456 e. The molecule has 63 heavy (non-hydrogen) atoms. The second-order valence-corrected chi connectivity index (χ2v) is 15.4. The number of para-hydroxylation sites is 2. The van der Waals surface area contributed by atoms with Gasteiger partial charge in [0.1, 0.15) is 11.2 Å². The summed E-state index contributed by atoms with van der Waals surface area (Å²) in [6.45, 7) is 9.03. The molecular weight excluding hydrogens is 771 g/mol. The van der Waals surface area contributed by atoms with Gasteiger partial charge < -0.3 is 20.7 Å². The molecule has 0 bridgehead atoms. The third kappa shape index (κ3) is 7.78. The van der Waals surface area contributed by atoms with Crippen molar-refractivity contribution in [3.05, 3.63) is 223 Å². The van der Waals surface area contributed by atoms with Crippen LogP contribution in [0.2, 0.25) is 0 Å². The fourth-order valence-corrected chi connectivity index (χ4v) is 8.67. The summed E-state index contributed by atoms with van der Waals surface area (Å²) in [5.74, 6) is 10.8. The SMILES string of the molecule is C=Cc1c(/C=C\C)c2cc3c4ccccc4n(N)c3cc2n1-c1ccccc1.C=NN.c1ccc(Cc2ccc3c(c2)oc2cc(-c4cccc(-c5ccccc5)c4)ccc23)cc1. The minimum atomic E-state index is 0.908. The van der Waals surface area contributed by atoms with E-state index in [0.29, 0.717) is 0 Å². The van der Waals surface area contributed by atoms with Crippen molar-refractivity contribution in [3.63, 3.8) is 0 Å². The molecule has 8 aromatic carbocycles. The molecule has 0 saturated heterocycles. The van der Waals surface area contributed by atoms with E-state index in [2.05, 4.69) is 211 Å². The fourth-order valence-electron chi connectivity index (χ4n) is 8.67. The van der Waals surface area contributed by atoms with E-state index < -0.39 is 0 Å². The zero-order valence-electron chi connectivity index (χ0n) is 35.2. The van der Waals surface area contributed by atoms with Crippen molar-refractivity contribution in [1.82, 2.24) is 9.24 Å². The molecule has 0 aliphatic carbocycles. The third-order valence-corrected chi connectivity index (χ3v) is 11.5. The van der Waals surface area contributed by atoms with Gasteiger partial charge in [-0.1, -0.05) is 152 Å². The summed E-state index contributed by atoms with van der Waals surface area (Å²) in [5, 5.41) is 8.61. The van der Waals surface area contributed by atoms with Gasteiger partial charge in [-0.25, -0.2) is 0 Å². The third-order valence-electron chi connectivity index (χ3n) is 11.5. The molecule has 0 unspecified atom stereocenters. The molecule has 306 valence electrons. The Hall–Kier alpha value is -8.35. The smallest absolute Gasteiger partial charge is 0.136 e. The van der Waals surface area contributed by atoms with Gasteiger partial charge >= 0.3 is 0 Å². The van der Waals surface area contributed by atoms with Gasteiger partial charge in [-0.15, -0.1) is 0 Å². The second-order valence-electron chi connectivity index (χ2n) is 15.4. The van der Waals surface area contributed by atoms with Crippen molar-refractivity contribution in [2.24, 2.45) is 10.9 Å². The number of furan rings is 1. The van der Waals surface area contributed by atoms with Crippen molar-refractivity contribution < 1.29 is 4.42 Å². The molecule has 0 aliphatic heterocycles. The lowest BCUT2D eigenvalue weighted by Gasteiger charge is -2.09. The van der Waals surface area contributed by atoms with E-state index in [1.807, 2.05) is 31.2 Å². The number of nitrogens with zero attached hydrogens (tertiary/aromatic N) is 3. The molecule has 3 aromatic heterocycles. The minimum absolute atomic E-state index is 0.908. The van der Waals surface area contributed by atoms with Gasteiger partial charge in [-0.3, -0.25) is 4.68 Å². The first kappa shape index (κ1) is 40.1. The molecule has 0 saturated carbocycles. The van der Waals surface area contributed by atoms with Crippen molar-refractivity contribution in [2.75, 3.05) is 5.84 Å². The highest BCUT2D eigenvalue weighted by atomic mass is 16.3. The van der Waals surface area contributed by atoms with E-state index >= 15 is 0 Å². The maximum Gasteiger partial charge on any atom is 0.136 e.